The summed E-state index contributed by atoms with van der Waals surface area (Å²) < 4.78 is 0. The number of allylic oxidation sites excluding steroid dienone is 4. The standard InChI is InChI=1S/C16H21NO/c18-15-11-17(12-15)16(13-7-3-1-4-8-13)14-9-5-2-6-10-14/h1,3-5,7,9,13-14,16H,2,6,8,10-12H2. The Hall–Kier alpha value is -1.15. The minimum absolute atomic E-state index is 0.398. The number of ketones is 1. The molecule has 0 bridgehead atoms. The van der Waals surface area contributed by atoms with Crippen molar-refractivity contribution in [2.24, 2.45) is 11.8 Å². The van der Waals surface area contributed by atoms with Gasteiger partial charge in [0, 0.05) is 6.04 Å². The third-order valence-corrected chi connectivity index (χ3v) is 4.36. The van der Waals surface area contributed by atoms with Crippen molar-refractivity contribution >= 4 is 5.78 Å². The van der Waals surface area contributed by atoms with Gasteiger partial charge in [-0.1, -0.05) is 36.5 Å². The average molecular weight is 243 g/mol. The van der Waals surface area contributed by atoms with Crippen molar-refractivity contribution in [3.8, 4) is 0 Å². The van der Waals surface area contributed by atoms with Crippen LogP contribution in [0.2, 0.25) is 0 Å². The summed E-state index contributed by atoms with van der Waals surface area (Å²) in [5.74, 6) is 1.61. The summed E-state index contributed by atoms with van der Waals surface area (Å²) in [6.07, 6.45) is 18.5. The highest BCUT2D eigenvalue weighted by molar-refractivity contribution is 5.87. The van der Waals surface area contributed by atoms with Crippen molar-refractivity contribution in [1.82, 2.24) is 4.90 Å². The Morgan fingerprint density at radius 2 is 2.00 bits per heavy atom. The van der Waals surface area contributed by atoms with E-state index < -0.39 is 0 Å². The molecule has 0 aromatic rings. The first kappa shape index (κ1) is 11.9. The van der Waals surface area contributed by atoms with Crippen LogP contribution in [0.4, 0.5) is 0 Å². The third-order valence-electron chi connectivity index (χ3n) is 4.36. The van der Waals surface area contributed by atoms with Gasteiger partial charge in [0.15, 0.2) is 5.78 Å². The Morgan fingerprint density at radius 1 is 1.11 bits per heavy atom. The molecule has 1 saturated heterocycles. The van der Waals surface area contributed by atoms with Gasteiger partial charge in [-0.3, -0.25) is 9.69 Å². The summed E-state index contributed by atoms with van der Waals surface area (Å²) in [7, 11) is 0. The molecule has 3 unspecified atom stereocenters. The quantitative estimate of drug-likeness (QED) is 0.710. The number of carbonyl (C=O) groups excluding carboxylic acids is 1. The molecule has 0 radical (unpaired) electrons. The molecule has 18 heavy (non-hydrogen) atoms. The summed E-state index contributed by atoms with van der Waals surface area (Å²) >= 11 is 0. The van der Waals surface area contributed by atoms with Crippen LogP contribution >= 0.6 is 0 Å². The number of carbonyl (C=O) groups is 1. The van der Waals surface area contributed by atoms with Gasteiger partial charge in [0.25, 0.3) is 0 Å². The van der Waals surface area contributed by atoms with Crippen molar-refractivity contribution in [2.45, 2.75) is 31.7 Å². The number of hydrogen-bond donors (Lipinski definition) is 0. The molecular formula is C16H21NO. The van der Waals surface area contributed by atoms with Gasteiger partial charge in [0.05, 0.1) is 13.1 Å². The van der Waals surface area contributed by atoms with E-state index >= 15 is 0 Å². The van der Waals surface area contributed by atoms with Crippen molar-refractivity contribution < 1.29 is 4.79 Å². The zero-order valence-electron chi connectivity index (χ0n) is 10.8. The first-order chi connectivity index (χ1) is 8.84. The lowest BCUT2D eigenvalue weighted by atomic mass is 9.78. The summed E-state index contributed by atoms with van der Waals surface area (Å²) in [5.41, 5.74) is 0. The second-order valence-corrected chi connectivity index (χ2v) is 5.67. The van der Waals surface area contributed by atoms with E-state index in [1.807, 2.05) is 0 Å². The Morgan fingerprint density at radius 3 is 2.61 bits per heavy atom. The highest BCUT2D eigenvalue weighted by Gasteiger charge is 2.38. The fraction of sp³-hybridized carbons (Fsp3) is 0.562. The Kier molecular flexibility index (Phi) is 3.46. The fourth-order valence-electron chi connectivity index (χ4n) is 3.45. The molecule has 1 aliphatic heterocycles. The molecule has 0 N–H and O–H groups in total. The SMILES string of the molecule is O=C1CN(C(C2C=CC=CC2)C2C=CCCC2)C1. The molecule has 2 aliphatic carbocycles. The third kappa shape index (κ3) is 2.35. The maximum absolute atomic E-state index is 11.3. The van der Waals surface area contributed by atoms with Crippen LogP contribution in [0.15, 0.2) is 36.5 Å². The Labute approximate surface area is 109 Å². The van der Waals surface area contributed by atoms with Gasteiger partial charge in [0.2, 0.25) is 0 Å². The first-order valence-electron chi connectivity index (χ1n) is 7.10. The fourth-order valence-corrected chi connectivity index (χ4v) is 3.45. The van der Waals surface area contributed by atoms with E-state index in [1.54, 1.807) is 0 Å². The molecule has 3 atom stereocenters. The second-order valence-electron chi connectivity index (χ2n) is 5.67. The molecule has 2 nitrogen and oxygen atoms in total. The van der Waals surface area contributed by atoms with Crippen LogP contribution in [0, 0.1) is 11.8 Å². The number of likely N-dealkylation sites (tertiary alicyclic amines) is 1. The normalized spacial score (nSPS) is 33.4. The van der Waals surface area contributed by atoms with Crippen molar-refractivity contribution in [3.63, 3.8) is 0 Å². The molecule has 1 heterocycles. The average Bonchev–Trinajstić information content (AvgIpc) is 2.40. The smallest absolute Gasteiger partial charge is 0.160 e. The lowest BCUT2D eigenvalue weighted by Crippen LogP contribution is -2.57. The summed E-state index contributed by atoms with van der Waals surface area (Å²) in [6.45, 7) is 1.34. The van der Waals surface area contributed by atoms with Gasteiger partial charge < -0.3 is 0 Å². The van der Waals surface area contributed by atoms with Crippen LogP contribution in [0.3, 0.4) is 0 Å². The van der Waals surface area contributed by atoms with Crippen LogP contribution in [-0.4, -0.2) is 29.8 Å². The molecular weight excluding hydrogens is 222 g/mol. The zero-order chi connectivity index (χ0) is 12.4. The van der Waals surface area contributed by atoms with Crippen LogP contribution in [0.25, 0.3) is 0 Å². The highest BCUT2D eigenvalue weighted by atomic mass is 16.1. The minimum atomic E-state index is 0.398. The van der Waals surface area contributed by atoms with E-state index in [1.165, 1.54) is 19.3 Å². The summed E-state index contributed by atoms with van der Waals surface area (Å²) in [4.78, 5) is 13.7. The number of hydrogen-bond acceptors (Lipinski definition) is 2. The van der Waals surface area contributed by atoms with Crippen molar-refractivity contribution in [2.75, 3.05) is 13.1 Å². The van der Waals surface area contributed by atoms with Crippen LogP contribution in [0.5, 0.6) is 0 Å². The Bertz CT molecular complexity index is 397. The van der Waals surface area contributed by atoms with E-state index in [9.17, 15) is 4.79 Å². The van der Waals surface area contributed by atoms with E-state index in [2.05, 4.69) is 41.4 Å². The topological polar surface area (TPSA) is 20.3 Å². The molecule has 0 saturated carbocycles. The highest BCUT2D eigenvalue weighted by Crippen LogP contribution is 2.33. The van der Waals surface area contributed by atoms with E-state index in [0.717, 1.165) is 6.42 Å². The molecule has 1 fully saturated rings. The van der Waals surface area contributed by atoms with Gasteiger partial charge in [-0.15, -0.1) is 0 Å². The first-order valence-corrected chi connectivity index (χ1v) is 7.10. The molecule has 0 aromatic heterocycles. The number of rotatable bonds is 3. The van der Waals surface area contributed by atoms with Crippen LogP contribution in [0.1, 0.15) is 25.7 Å². The van der Waals surface area contributed by atoms with Gasteiger partial charge in [-0.2, -0.15) is 0 Å². The predicted octanol–water partition coefficient (Wildman–Crippen LogP) is 2.73. The zero-order valence-corrected chi connectivity index (χ0v) is 10.8. The van der Waals surface area contributed by atoms with Crippen LogP contribution in [-0.2, 0) is 4.79 Å². The van der Waals surface area contributed by atoms with Crippen molar-refractivity contribution in [3.05, 3.63) is 36.5 Å². The lowest BCUT2D eigenvalue weighted by molar-refractivity contribution is -0.132. The monoisotopic (exact) mass is 243 g/mol. The molecule has 3 aliphatic rings. The van der Waals surface area contributed by atoms with Crippen LogP contribution < -0.4 is 0 Å². The van der Waals surface area contributed by atoms with E-state index in [0.29, 0.717) is 36.8 Å². The number of Topliss-reactive ketones (excluding diaryl/α,β-unsaturated/α-hetero) is 1. The van der Waals surface area contributed by atoms with E-state index in [-0.39, 0.29) is 0 Å². The number of nitrogens with zero attached hydrogens (tertiary/aromatic N) is 1. The lowest BCUT2D eigenvalue weighted by Gasteiger charge is -2.44. The summed E-state index contributed by atoms with van der Waals surface area (Å²) in [6, 6.07) is 0.528. The van der Waals surface area contributed by atoms with E-state index in [4.69, 9.17) is 0 Å². The molecule has 96 valence electrons. The predicted molar refractivity (Wildman–Crippen MR) is 73.2 cm³/mol. The van der Waals surface area contributed by atoms with Gasteiger partial charge in [0.1, 0.15) is 0 Å². The Balaban J connectivity index is 1.76. The van der Waals surface area contributed by atoms with Crippen molar-refractivity contribution in [1.29, 1.82) is 0 Å². The van der Waals surface area contributed by atoms with Gasteiger partial charge >= 0.3 is 0 Å². The van der Waals surface area contributed by atoms with Gasteiger partial charge in [-0.05, 0) is 37.5 Å². The molecule has 2 heteroatoms. The molecule has 3 rings (SSSR count). The largest absolute Gasteiger partial charge is 0.297 e. The summed E-state index contributed by atoms with van der Waals surface area (Å²) in [5, 5.41) is 0. The minimum Gasteiger partial charge on any atom is -0.297 e. The maximum atomic E-state index is 11.3. The van der Waals surface area contributed by atoms with Gasteiger partial charge in [-0.25, -0.2) is 0 Å². The maximum Gasteiger partial charge on any atom is 0.160 e. The second kappa shape index (κ2) is 5.23. The molecule has 0 amide bonds. The molecule has 0 spiro atoms. The molecule has 0 aromatic carbocycles.